The lowest BCUT2D eigenvalue weighted by Gasteiger charge is -2.06. The third kappa shape index (κ3) is 3.34. The van der Waals surface area contributed by atoms with Crippen LogP contribution < -0.4 is 0 Å². The van der Waals surface area contributed by atoms with Crippen LogP contribution in [0.4, 0.5) is 0 Å². The number of carbonyl (C=O) groups excluding carboxylic acids is 1. The normalized spacial score (nSPS) is 10.1. The Bertz CT molecular complexity index is 347. The van der Waals surface area contributed by atoms with Crippen LogP contribution in [0.5, 0.6) is 0 Å². The maximum absolute atomic E-state index is 11.5. The number of hydrogen-bond donors (Lipinski definition) is 0. The molecule has 1 rings (SSSR count). The Morgan fingerprint density at radius 1 is 1.40 bits per heavy atom. The first-order valence-corrected chi connectivity index (χ1v) is 5.93. The predicted octanol–water partition coefficient (Wildman–Crippen LogP) is 3.58. The maximum atomic E-state index is 11.5. The van der Waals surface area contributed by atoms with Crippen molar-refractivity contribution in [2.24, 2.45) is 0 Å². The molecule has 0 aliphatic carbocycles. The van der Waals surface area contributed by atoms with E-state index in [0.29, 0.717) is 12.2 Å². The van der Waals surface area contributed by atoms with E-state index in [-0.39, 0.29) is 5.97 Å². The Hall–Kier alpha value is -0.830. The molecule has 0 fully saturated rings. The van der Waals surface area contributed by atoms with E-state index in [0.717, 1.165) is 22.9 Å². The van der Waals surface area contributed by atoms with Gasteiger partial charge in [-0.05, 0) is 36.6 Å². The van der Waals surface area contributed by atoms with Gasteiger partial charge in [0.2, 0.25) is 0 Å². The summed E-state index contributed by atoms with van der Waals surface area (Å²) in [7, 11) is 0. The summed E-state index contributed by atoms with van der Waals surface area (Å²) in [6, 6.07) is 5.55. The van der Waals surface area contributed by atoms with Gasteiger partial charge in [0.15, 0.2) is 0 Å². The molecule has 0 aliphatic rings. The monoisotopic (exact) mass is 270 g/mol. The van der Waals surface area contributed by atoms with Gasteiger partial charge >= 0.3 is 5.97 Å². The second kappa shape index (κ2) is 5.91. The van der Waals surface area contributed by atoms with Gasteiger partial charge in [-0.15, -0.1) is 0 Å². The van der Waals surface area contributed by atoms with Crippen LogP contribution in [0.25, 0.3) is 0 Å². The fraction of sp³-hybridized carbons (Fsp3) is 0.417. The molecule has 1 aromatic carbocycles. The SMILES string of the molecule is CCCOC(=O)c1ccc(Br)c(CC)c1. The molecule has 82 valence electrons. The number of hydrogen-bond acceptors (Lipinski definition) is 2. The summed E-state index contributed by atoms with van der Waals surface area (Å²) in [4.78, 5) is 11.5. The van der Waals surface area contributed by atoms with E-state index in [9.17, 15) is 4.79 Å². The molecule has 1 aromatic rings. The first-order chi connectivity index (χ1) is 7.19. The Balaban J connectivity index is 2.81. The van der Waals surface area contributed by atoms with Crippen LogP contribution in [-0.2, 0) is 11.2 Å². The van der Waals surface area contributed by atoms with Crippen LogP contribution in [0.2, 0.25) is 0 Å². The van der Waals surface area contributed by atoms with E-state index in [1.807, 2.05) is 19.1 Å². The van der Waals surface area contributed by atoms with Gasteiger partial charge in [0.25, 0.3) is 0 Å². The van der Waals surface area contributed by atoms with Crippen LogP contribution in [0, 0.1) is 0 Å². The Kier molecular flexibility index (Phi) is 4.82. The number of esters is 1. The molecule has 0 unspecified atom stereocenters. The number of aryl methyl sites for hydroxylation is 1. The first kappa shape index (κ1) is 12.2. The molecule has 0 saturated heterocycles. The highest BCUT2D eigenvalue weighted by atomic mass is 79.9. The van der Waals surface area contributed by atoms with Crippen molar-refractivity contribution in [3.63, 3.8) is 0 Å². The van der Waals surface area contributed by atoms with Crippen LogP contribution in [0.15, 0.2) is 22.7 Å². The summed E-state index contributed by atoms with van der Waals surface area (Å²) < 4.78 is 6.10. The van der Waals surface area contributed by atoms with Gasteiger partial charge in [-0.2, -0.15) is 0 Å². The lowest BCUT2D eigenvalue weighted by molar-refractivity contribution is 0.0505. The van der Waals surface area contributed by atoms with E-state index in [1.165, 1.54) is 0 Å². The minimum Gasteiger partial charge on any atom is -0.462 e. The van der Waals surface area contributed by atoms with Crippen molar-refractivity contribution in [1.29, 1.82) is 0 Å². The van der Waals surface area contributed by atoms with Gasteiger partial charge in [0, 0.05) is 4.47 Å². The molecule has 0 aliphatic heterocycles. The highest BCUT2D eigenvalue weighted by Gasteiger charge is 2.08. The molecule has 15 heavy (non-hydrogen) atoms. The minimum absolute atomic E-state index is 0.237. The largest absolute Gasteiger partial charge is 0.462 e. The fourth-order valence-electron chi connectivity index (χ4n) is 1.25. The molecule has 0 N–H and O–H groups in total. The van der Waals surface area contributed by atoms with Crippen molar-refractivity contribution >= 4 is 21.9 Å². The van der Waals surface area contributed by atoms with Crippen molar-refractivity contribution in [1.82, 2.24) is 0 Å². The zero-order valence-corrected chi connectivity index (χ0v) is 10.6. The molecule has 0 atom stereocenters. The van der Waals surface area contributed by atoms with E-state index in [2.05, 4.69) is 22.9 Å². The van der Waals surface area contributed by atoms with Crippen molar-refractivity contribution < 1.29 is 9.53 Å². The number of benzene rings is 1. The van der Waals surface area contributed by atoms with Crippen LogP contribution in [0.1, 0.15) is 36.2 Å². The van der Waals surface area contributed by atoms with Gasteiger partial charge in [-0.3, -0.25) is 0 Å². The highest BCUT2D eigenvalue weighted by Crippen LogP contribution is 2.19. The number of carbonyl (C=O) groups is 1. The molecule has 0 aromatic heterocycles. The van der Waals surface area contributed by atoms with E-state index in [4.69, 9.17) is 4.74 Å². The van der Waals surface area contributed by atoms with Crippen molar-refractivity contribution in [3.05, 3.63) is 33.8 Å². The zero-order chi connectivity index (χ0) is 11.3. The van der Waals surface area contributed by atoms with Crippen molar-refractivity contribution in [3.8, 4) is 0 Å². The van der Waals surface area contributed by atoms with E-state index in [1.54, 1.807) is 6.07 Å². The number of ether oxygens (including phenoxy) is 1. The quantitative estimate of drug-likeness (QED) is 0.782. The smallest absolute Gasteiger partial charge is 0.338 e. The Morgan fingerprint density at radius 3 is 2.73 bits per heavy atom. The molecular weight excluding hydrogens is 256 g/mol. The summed E-state index contributed by atoms with van der Waals surface area (Å²) in [5, 5.41) is 0. The molecule has 0 bridgehead atoms. The van der Waals surface area contributed by atoms with Gasteiger partial charge < -0.3 is 4.74 Å². The fourth-order valence-corrected chi connectivity index (χ4v) is 1.78. The molecule has 0 radical (unpaired) electrons. The predicted molar refractivity (Wildman–Crippen MR) is 64.1 cm³/mol. The molecule has 0 heterocycles. The van der Waals surface area contributed by atoms with Crippen molar-refractivity contribution in [2.75, 3.05) is 6.61 Å². The van der Waals surface area contributed by atoms with Gasteiger partial charge in [0.1, 0.15) is 0 Å². The summed E-state index contributed by atoms with van der Waals surface area (Å²) in [5.41, 5.74) is 1.75. The Labute approximate surface area is 98.8 Å². The molecule has 2 nitrogen and oxygen atoms in total. The van der Waals surface area contributed by atoms with Gasteiger partial charge in [-0.25, -0.2) is 4.79 Å². The Morgan fingerprint density at radius 2 is 2.13 bits per heavy atom. The third-order valence-electron chi connectivity index (χ3n) is 2.10. The van der Waals surface area contributed by atoms with E-state index < -0.39 is 0 Å². The number of rotatable bonds is 4. The zero-order valence-electron chi connectivity index (χ0n) is 9.05. The topological polar surface area (TPSA) is 26.3 Å². The highest BCUT2D eigenvalue weighted by molar-refractivity contribution is 9.10. The maximum Gasteiger partial charge on any atom is 0.338 e. The molecule has 0 spiro atoms. The lowest BCUT2D eigenvalue weighted by Crippen LogP contribution is -2.06. The average Bonchev–Trinajstić information content (AvgIpc) is 2.26. The van der Waals surface area contributed by atoms with Crippen LogP contribution >= 0.6 is 15.9 Å². The second-order valence-electron chi connectivity index (χ2n) is 3.30. The third-order valence-corrected chi connectivity index (χ3v) is 2.87. The van der Waals surface area contributed by atoms with E-state index >= 15 is 0 Å². The summed E-state index contributed by atoms with van der Waals surface area (Å²) >= 11 is 3.44. The van der Waals surface area contributed by atoms with Crippen LogP contribution in [-0.4, -0.2) is 12.6 Å². The van der Waals surface area contributed by atoms with Crippen molar-refractivity contribution in [2.45, 2.75) is 26.7 Å². The summed E-state index contributed by atoms with van der Waals surface area (Å²) in [6.45, 7) is 4.52. The van der Waals surface area contributed by atoms with Gasteiger partial charge in [0.05, 0.1) is 12.2 Å². The summed E-state index contributed by atoms with van der Waals surface area (Å²) in [5.74, 6) is -0.237. The lowest BCUT2D eigenvalue weighted by atomic mass is 10.1. The average molecular weight is 271 g/mol. The standard InChI is InChI=1S/C12H15BrO2/c1-3-7-15-12(14)10-5-6-11(13)9(4-2)8-10/h5-6,8H,3-4,7H2,1-2H3. The minimum atomic E-state index is -0.237. The number of halogens is 1. The summed E-state index contributed by atoms with van der Waals surface area (Å²) in [6.07, 6.45) is 1.75. The molecule has 0 amide bonds. The second-order valence-corrected chi connectivity index (χ2v) is 4.15. The molecule has 3 heteroatoms. The first-order valence-electron chi connectivity index (χ1n) is 5.14. The molecular formula is C12H15BrO2. The molecule has 0 saturated carbocycles. The van der Waals surface area contributed by atoms with Crippen LogP contribution in [0.3, 0.4) is 0 Å². The van der Waals surface area contributed by atoms with Gasteiger partial charge in [-0.1, -0.05) is 29.8 Å².